The van der Waals surface area contributed by atoms with Crippen molar-refractivity contribution in [1.29, 1.82) is 0 Å². The number of nitrogens with zero attached hydrogens (tertiary/aromatic N) is 1. The monoisotopic (exact) mass is 358 g/mol. The van der Waals surface area contributed by atoms with Crippen molar-refractivity contribution in [2.75, 3.05) is 18.1 Å². The zero-order valence-electron chi connectivity index (χ0n) is 11.5. The van der Waals surface area contributed by atoms with Crippen LogP contribution >= 0.6 is 27.7 Å². The maximum Gasteiger partial charge on any atom is 0.270 e. The van der Waals surface area contributed by atoms with E-state index in [1.807, 2.05) is 17.8 Å². The Morgan fingerprint density at radius 2 is 2.30 bits per heavy atom. The van der Waals surface area contributed by atoms with Crippen LogP contribution in [0, 0.1) is 16.0 Å². The van der Waals surface area contributed by atoms with Gasteiger partial charge in [-0.2, -0.15) is 11.8 Å². The van der Waals surface area contributed by atoms with Gasteiger partial charge in [0.15, 0.2) is 0 Å². The number of nitro benzene ring substituents is 1. The van der Waals surface area contributed by atoms with Gasteiger partial charge in [0.1, 0.15) is 0 Å². The van der Waals surface area contributed by atoms with Crippen molar-refractivity contribution < 1.29 is 4.92 Å². The van der Waals surface area contributed by atoms with Gasteiger partial charge in [0.2, 0.25) is 0 Å². The molecule has 1 fully saturated rings. The Balaban J connectivity index is 2.03. The highest BCUT2D eigenvalue weighted by Crippen LogP contribution is 2.31. The lowest BCUT2D eigenvalue weighted by Crippen LogP contribution is -2.36. The van der Waals surface area contributed by atoms with E-state index < -0.39 is 0 Å². The van der Waals surface area contributed by atoms with Gasteiger partial charge in [-0.05, 0) is 36.6 Å². The first-order chi connectivity index (χ1) is 9.61. The van der Waals surface area contributed by atoms with Crippen molar-refractivity contribution >= 4 is 33.4 Å². The molecule has 20 heavy (non-hydrogen) atoms. The smallest absolute Gasteiger partial charge is 0.270 e. The second kappa shape index (κ2) is 7.43. The van der Waals surface area contributed by atoms with Gasteiger partial charge in [-0.1, -0.05) is 28.9 Å². The number of nitrogens with one attached hydrogen (secondary N) is 1. The first kappa shape index (κ1) is 15.8. The third kappa shape index (κ3) is 3.96. The predicted molar refractivity (Wildman–Crippen MR) is 87.4 cm³/mol. The highest BCUT2D eigenvalue weighted by Gasteiger charge is 2.28. The molecule has 0 saturated carbocycles. The van der Waals surface area contributed by atoms with Crippen LogP contribution in [-0.4, -0.2) is 29.0 Å². The summed E-state index contributed by atoms with van der Waals surface area (Å²) in [6.45, 7) is 3.24. The minimum Gasteiger partial charge on any atom is -0.313 e. The number of rotatable bonds is 6. The Morgan fingerprint density at radius 3 is 2.95 bits per heavy atom. The molecule has 1 aliphatic heterocycles. The van der Waals surface area contributed by atoms with Gasteiger partial charge < -0.3 is 5.32 Å². The molecule has 2 unspecified atom stereocenters. The molecule has 6 heteroatoms. The molecule has 0 spiro atoms. The van der Waals surface area contributed by atoms with Gasteiger partial charge in [0, 0.05) is 28.4 Å². The van der Waals surface area contributed by atoms with Crippen molar-refractivity contribution in [1.82, 2.24) is 5.32 Å². The number of benzene rings is 1. The fraction of sp³-hybridized carbons (Fsp3) is 0.571. The Bertz CT molecular complexity index is 484. The molecule has 0 aliphatic carbocycles. The molecule has 1 aliphatic rings. The molecule has 110 valence electrons. The zero-order valence-corrected chi connectivity index (χ0v) is 13.9. The SMILES string of the molecule is CCCNC1CSCC1Cc1ccc([N+](=O)[O-])cc1Br. The van der Waals surface area contributed by atoms with Crippen molar-refractivity contribution in [3.05, 3.63) is 38.3 Å². The number of nitro groups is 1. The van der Waals surface area contributed by atoms with Crippen LogP contribution in [0.15, 0.2) is 22.7 Å². The molecular formula is C14H19BrN2O2S. The highest BCUT2D eigenvalue weighted by molar-refractivity contribution is 9.10. The Hall–Kier alpha value is -0.590. The molecule has 1 aromatic rings. The van der Waals surface area contributed by atoms with E-state index in [9.17, 15) is 10.1 Å². The van der Waals surface area contributed by atoms with E-state index in [1.165, 1.54) is 0 Å². The summed E-state index contributed by atoms with van der Waals surface area (Å²) < 4.78 is 0.845. The maximum atomic E-state index is 10.8. The summed E-state index contributed by atoms with van der Waals surface area (Å²) in [5.41, 5.74) is 1.30. The average molecular weight is 359 g/mol. The average Bonchev–Trinajstić information content (AvgIpc) is 2.85. The third-order valence-electron chi connectivity index (χ3n) is 3.58. The van der Waals surface area contributed by atoms with Crippen LogP contribution in [0.3, 0.4) is 0 Å². The predicted octanol–water partition coefficient (Wildman–Crippen LogP) is 3.63. The summed E-state index contributed by atoms with van der Waals surface area (Å²) in [5.74, 6) is 2.92. The summed E-state index contributed by atoms with van der Waals surface area (Å²) in [7, 11) is 0. The number of halogens is 1. The minimum atomic E-state index is -0.356. The zero-order chi connectivity index (χ0) is 14.5. The van der Waals surface area contributed by atoms with Crippen LogP contribution in [0.1, 0.15) is 18.9 Å². The summed E-state index contributed by atoms with van der Waals surface area (Å²) in [4.78, 5) is 10.4. The molecule has 1 aromatic carbocycles. The lowest BCUT2D eigenvalue weighted by atomic mass is 9.95. The van der Waals surface area contributed by atoms with E-state index >= 15 is 0 Å². The number of thioether (sulfide) groups is 1. The van der Waals surface area contributed by atoms with Gasteiger partial charge in [-0.3, -0.25) is 10.1 Å². The van der Waals surface area contributed by atoms with Gasteiger partial charge in [-0.15, -0.1) is 0 Å². The van der Waals surface area contributed by atoms with Crippen molar-refractivity contribution in [2.45, 2.75) is 25.8 Å². The topological polar surface area (TPSA) is 55.2 Å². The molecule has 2 rings (SSSR count). The maximum absolute atomic E-state index is 10.8. The van der Waals surface area contributed by atoms with Gasteiger partial charge in [0.05, 0.1) is 4.92 Å². The molecule has 0 amide bonds. The van der Waals surface area contributed by atoms with Crippen molar-refractivity contribution in [2.24, 2.45) is 5.92 Å². The normalized spacial score (nSPS) is 22.1. The van der Waals surface area contributed by atoms with Crippen LogP contribution in [0.2, 0.25) is 0 Å². The second-order valence-corrected chi connectivity index (χ2v) is 7.02. The van der Waals surface area contributed by atoms with Gasteiger partial charge in [0.25, 0.3) is 5.69 Å². The standard InChI is InChI=1S/C14H19BrN2O2S/c1-2-5-16-14-9-20-8-11(14)6-10-3-4-12(17(18)19)7-13(10)15/h3-4,7,11,14,16H,2,5-6,8-9H2,1H3. The van der Waals surface area contributed by atoms with E-state index in [0.29, 0.717) is 12.0 Å². The number of hydrogen-bond acceptors (Lipinski definition) is 4. The first-order valence-corrected chi connectivity index (χ1v) is 8.80. The highest BCUT2D eigenvalue weighted by atomic mass is 79.9. The Labute approximate surface area is 132 Å². The van der Waals surface area contributed by atoms with Crippen LogP contribution in [0.25, 0.3) is 0 Å². The summed E-state index contributed by atoms with van der Waals surface area (Å²) in [6.07, 6.45) is 2.11. The molecule has 1 heterocycles. The summed E-state index contributed by atoms with van der Waals surface area (Å²) in [6, 6.07) is 5.63. The molecule has 4 nitrogen and oxygen atoms in total. The first-order valence-electron chi connectivity index (χ1n) is 6.85. The lowest BCUT2D eigenvalue weighted by molar-refractivity contribution is -0.384. The van der Waals surface area contributed by atoms with Gasteiger partial charge in [-0.25, -0.2) is 0 Å². The summed E-state index contributed by atoms with van der Waals surface area (Å²) in [5, 5.41) is 14.4. The summed E-state index contributed by atoms with van der Waals surface area (Å²) >= 11 is 5.45. The molecular weight excluding hydrogens is 340 g/mol. The number of hydrogen-bond donors (Lipinski definition) is 1. The van der Waals surface area contributed by atoms with Crippen LogP contribution in [0.5, 0.6) is 0 Å². The van der Waals surface area contributed by atoms with Crippen LogP contribution in [0.4, 0.5) is 5.69 Å². The van der Waals surface area contributed by atoms with E-state index in [4.69, 9.17) is 0 Å². The van der Waals surface area contributed by atoms with Crippen LogP contribution < -0.4 is 5.32 Å². The van der Waals surface area contributed by atoms with Crippen molar-refractivity contribution in [3.8, 4) is 0 Å². The van der Waals surface area contributed by atoms with E-state index in [1.54, 1.807) is 12.1 Å². The lowest BCUT2D eigenvalue weighted by Gasteiger charge is -2.20. The fourth-order valence-corrected chi connectivity index (χ4v) is 4.41. The quantitative estimate of drug-likeness (QED) is 0.623. The Kier molecular flexibility index (Phi) is 5.86. The third-order valence-corrected chi connectivity index (χ3v) is 5.58. The van der Waals surface area contributed by atoms with Crippen LogP contribution in [-0.2, 0) is 6.42 Å². The second-order valence-electron chi connectivity index (χ2n) is 5.10. The molecule has 1 saturated heterocycles. The molecule has 1 N–H and O–H groups in total. The van der Waals surface area contributed by atoms with Crippen molar-refractivity contribution in [3.63, 3.8) is 0 Å². The number of non-ortho nitro benzene ring substituents is 1. The molecule has 0 bridgehead atoms. The Morgan fingerprint density at radius 1 is 1.50 bits per heavy atom. The largest absolute Gasteiger partial charge is 0.313 e. The van der Waals surface area contributed by atoms with E-state index in [0.717, 1.165) is 40.9 Å². The van der Waals surface area contributed by atoms with E-state index in [2.05, 4.69) is 28.2 Å². The fourth-order valence-electron chi connectivity index (χ4n) is 2.45. The molecule has 2 atom stereocenters. The van der Waals surface area contributed by atoms with E-state index in [-0.39, 0.29) is 10.6 Å². The molecule has 0 radical (unpaired) electrons. The van der Waals surface area contributed by atoms with Gasteiger partial charge >= 0.3 is 0 Å². The molecule has 0 aromatic heterocycles. The minimum absolute atomic E-state index is 0.141.